The van der Waals surface area contributed by atoms with E-state index in [1.54, 1.807) is 0 Å². The summed E-state index contributed by atoms with van der Waals surface area (Å²) in [6.45, 7) is 3.12. The van der Waals surface area contributed by atoms with Crippen molar-refractivity contribution < 1.29 is 5.11 Å². The van der Waals surface area contributed by atoms with Crippen molar-refractivity contribution in [2.75, 3.05) is 0 Å². The monoisotopic (exact) mass is 208 g/mol. The largest absolute Gasteiger partial charge is 0.392 e. The summed E-state index contributed by atoms with van der Waals surface area (Å²) < 4.78 is 2.05. The van der Waals surface area contributed by atoms with E-state index in [0.717, 1.165) is 25.8 Å². The Bertz CT molecular complexity index is 308. The minimum Gasteiger partial charge on any atom is -0.392 e. The van der Waals surface area contributed by atoms with Gasteiger partial charge in [-0.15, -0.1) is 0 Å². The molecule has 0 aromatic carbocycles. The number of aliphatic hydroxyl groups excluding tert-OH is 1. The number of aliphatic hydroxyl groups is 1. The number of aromatic nitrogens is 2. The van der Waals surface area contributed by atoms with Crippen molar-refractivity contribution in [3.63, 3.8) is 0 Å². The van der Waals surface area contributed by atoms with E-state index in [4.69, 9.17) is 0 Å². The lowest BCUT2D eigenvalue weighted by Crippen LogP contribution is -2.25. The number of hydrogen-bond donors (Lipinski definition) is 1. The van der Waals surface area contributed by atoms with E-state index in [2.05, 4.69) is 22.8 Å². The Balaban J connectivity index is 2.15. The fourth-order valence-corrected chi connectivity index (χ4v) is 2.51. The molecule has 0 saturated heterocycles. The fraction of sp³-hybridized carbons (Fsp3) is 0.750. The second-order valence-electron chi connectivity index (χ2n) is 4.44. The molecule has 1 N–H and O–H groups in total. The summed E-state index contributed by atoms with van der Waals surface area (Å²) in [6, 6.07) is 2.06. The molecule has 15 heavy (non-hydrogen) atoms. The highest BCUT2D eigenvalue weighted by molar-refractivity contribution is 5.11. The van der Waals surface area contributed by atoms with Gasteiger partial charge in [0.15, 0.2) is 0 Å². The van der Waals surface area contributed by atoms with E-state index in [-0.39, 0.29) is 6.10 Å². The first-order valence-corrected chi connectivity index (χ1v) is 6.02. The minimum absolute atomic E-state index is 0.161. The van der Waals surface area contributed by atoms with Gasteiger partial charge in [-0.1, -0.05) is 19.8 Å². The van der Waals surface area contributed by atoms with E-state index in [1.165, 1.54) is 18.5 Å². The van der Waals surface area contributed by atoms with Crippen LogP contribution < -0.4 is 0 Å². The molecule has 3 heteroatoms. The molecule has 3 nitrogen and oxygen atoms in total. The lowest BCUT2D eigenvalue weighted by molar-refractivity contribution is 0.102. The van der Waals surface area contributed by atoms with Crippen molar-refractivity contribution in [1.82, 2.24) is 9.78 Å². The van der Waals surface area contributed by atoms with Crippen molar-refractivity contribution in [2.45, 2.75) is 57.6 Å². The third-order valence-corrected chi connectivity index (χ3v) is 3.29. The zero-order valence-corrected chi connectivity index (χ0v) is 9.39. The Morgan fingerprint density at radius 3 is 3.00 bits per heavy atom. The third-order valence-electron chi connectivity index (χ3n) is 3.29. The molecule has 1 aliphatic rings. The van der Waals surface area contributed by atoms with Crippen molar-refractivity contribution in [2.24, 2.45) is 0 Å². The van der Waals surface area contributed by atoms with Crippen LogP contribution in [0, 0.1) is 0 Å². The van der Waals surface area contributed by atoms with Crippen molar-refractivity contribution in [3.05, 3.63) is 18.0 Å². The van der Waals surface area contributed by atoms with Gasteiger partial charge >= 0.3 is 0 Å². The Morgan fingerprint density at radius 1 is 1.47 bits per heavy atom. The maximum Gasteiger partial charge on any atom is 0.0623 e. The molecule has 2 rings (SSSR count). The molecule has 1 aliphatic carbocycles. The first-order chi connectivity index (χ1) is 7.33. The summed E-state index contributed by atoms with van der Waals surface area (Å²) in [5.41, 5.74) is 1.23. The van der Waals surface area contributed by atoms with Crippen molar-refractivity contribution >= 4 is 0 Å². The van der Waals surface area contributed by atoms with Crippen LogP contribution in [0.2, 0.25) is 0 Å². The van der Waals surface area contributed by atoms with E-state index >= 15 is 0 Å². The van der Waals surface area contributed by atoms with Crippen molar-refractivity contribution in [1.29, 1.82) is 0 Å². The van der Waals surface area contributed by atoms with Crippen LogP contribution >= 0.6 is 0 Å². The van der Waals surface area contributed by atoms with E-state index in [0.29, 0.717) is 5.92 Å². The average molecular weight is 208 g/mol. The van der Waals surface area contributed by atoms with Gasteiger partial charge in [-0.3, -0.25) is 4.68 Å². The second kappa shape index (κ2) is 4.79. The highest BCUT2D eigenvalue weighted by atomic mass is 16.3. The SMILES string of the molecule is CCCn1nccc1C1CCCCC1O. The molecule has 1 saturated carbocycles. The molecule has 84 valence electrons. The molecule has 1 aromatic heterocycles. The van der Waals surface area contributed by atoms with Gasteiger partial charge in [0.25, 0.3) is 0 Å². The molecule has 0 aliphatic heterocycles. The van der Waals surface area contributed by atoms with Gasteiger partial charge < -0.3 is 5.11 Å². The van der Waals surface area contributed by atoms with Crippen LogP contribution in [0.5, 0.6) is 0 Å². The lowest BCUT2D eigenvalue weighted by Gasteiger charge is -2.28. The number of nitrogens with zero attached hydrogens (tertiary/aromatic N) is 2. The van der Waals surface area contributed by atoms with Crippen LogP contribution in [0.25, 0.3) is 0 Å². The lowest BCUT2D eigenvalue weighted by atomic mass is 9.84. The molecule has 2 unspecified atom stereocenters. The summed E-state index contributed by atoms with van der Waals surface area (Å²) in [6.07, 6.45) is 7.24. The summed E-state index contributed by atoms with van der Waals surface area (Å²) in [5.74, 6) is 0.313. The van der Waals surface area contributed by atoms with Crippen LogP contribution in [-0.2, 0) is 6.54 Å². The maximum absolute atomic E-state index is 9.99. The first kappa shape index (κ1) is 10.7. The topological polar surface area (TPSA) is 38.0 Å². The molecule has 0 radical (unpaired) electrons. The summed E-state index contributed by atoms with van der Waals surface area (Å²) in [5, 5.41) is 14.3. The van der Waals surface area contributed by atoms with Crippen molar-refractivity contribution in [3.8, 4) is 0 Å². The Labute approximate surface area is 91.1 Å². The molecule has 0 bridgehead atoms. The van der Waals surface area contributed by atoms with Gasteiger partial charge in [-0.2, -0.15) is 5.10 Å². The molecule has 0 spiro atoms. The number of aryl methyl sites for hydroxylation is 1. The van der Waals surface area contributed by atoms with E-state index < -0.39 is 0 Å². The quantitative estimate of drug-likeness (QED) is 0.827. The van der Waals surface area contributed by atoms with Crippen LogP contribution in [-0.4, -0.2) is 21.0 Å². The zero-order chi connectivity index (χ0) is 10.7. The Hall–Kier alpha value is -0.830. The smallest absolute Gasteiger partial charge is 0.0623 e. The van der Waals surface area contributed by atoms with Crippen LogP contribution in [0.3, 0.4) is 0 Å². The molecule has 1 heterocycles. The molecular formula is C12H20N2O. The highest BCUT2D eigenvalue weighted by Gasteiger charge is 2.26. The van der Waals surface area contributed by atoms with Crippen LogP contribution in [0.4, 0.5) is 0 Å². The van der Waals surface area contributed by atoms with E-state index in [1.807, 2.05) is 6.20 Å². The minimum atomic E-state index is -0.161. The summed E-state index contributed by atoms with van der Waals surface area (Å²) in [7, 11) is 0. The molecule has 0 amide bonds. The zero-order valence-electron chi connectivity index (χ0n) is 9.39. The van der Waals surface area contributed by atoms with Gasteiger partial charge in [0.2, 0.25) is 0 Å². The van der Waals surface area contributed by atoms with Gasteiger partial charge in [0.05, 0.1) is 6.10 Å². The molecule has 1 fully saturated rings. The number of rotatable bonds is 3. The second-order valence-corrected chi connectivity index (χ2v) is 4.44. The standard InChI is InChI=1S/C12H20N2O/c1-2-9-14-11(7-8-13-14)10-5-3-4-6-12(10)15/h7-8,10,12,15H,2-6,9H2,1H3. The Kier molecular flexibility index (Phi) is 3.41. The maximum atomic E-state index is 9.99. The predicted molar refractivity (Wildman–Crippen MR) is 59.7 cm³/mol. The van der Waals surface area contributed by atoms with Crippen LogP contribution in [0.1, 0.15) is 50.6 Å². The van der Waals surface area contributed by atoms with Gasteiger partial charge in [-0.05, 0) is 25.3 Å². The summed E-state index contributed by atoms with van der Waals surface area (Å²) in [4.78, 5) is 0. The highest BCUT2D eigenvalue weighted by Crippen LogP contribution is 2.32. The summed E-state index contributed by atoms with van der Waals surface area (Å²) >= 11 is 0. The number of hydrogen-bond acceptors (Lipinski definition) is 2. The molecule has 1 aromatic rings. The Morgan fingerprint density at radius 2 is 2.27 bits per heavy atom. The predicted octanol–water partition coefficient (Wildman–Crippen LogP) is 2.31. The fourth-order valence-electron chi connectivity index (χ4n) is 2.51. The van der Waals surface area contributed by atoms with E-state index in [9.17, 15) is 5.11 Å². The average Bonchev–Trinajstić information content (AvgIpc) is 2.67. The molecular weight excluding hydrogens is 188 g/mol. The molecule has 2 atom stereocenters. The first-order valence-electron chi connectivity index (χ1n) is 6.02. The van der Waals surface area contributed by atoms with Gasteiger partial charge in [0, 0.05) is 24.4 Å². The normalized spacial score (nSPS) is 26.8. The third kappa shape index (κ3) is 2.23. The van der Waals surface area contributed by atoms with Gasteiger partial charge in [0.1, 0.15) is 0 Å². The van der Waals surface area contributed by atoms with Crippen LogP contribution in [0.15, 0.2) is 12.3 Å². The van der Waals surface area contributed by atoms with Gasteiger partial charge in [-0.25, -0.2) is 0 Å².